The topological polar surface area (TPSA) is 142 Å². The van der Waals surface area contributed by atoms with Gasteiger partial charge in [-0.05, 0) is 12.8 Å². The van der Waals surface area contributed by atoms with E-state index < -0.39 is 29.9 Å². The summed E-state index contributed by atoms with van der Waals surface area (Å²) in [6, 6.07) is 0. The van der Waals surface area contributed by atoms with Gasteiger partial charge in [-0.25, -0.2) is 0 Å². The third-order valence-electron chi connectivity index (χ3n) is 7.04. The van der Waals surface area contributed by atoms with Gasteiger partial charge in [0.25, 0.3) is 11.6 Å². The van der Waals surface area contributed by atoms with Gasteiger partial charge < -0.3 is 35.7 Å². The quantitative estimate of drug-likeness (QED) is 0.273. The van der Waals surface area contributed by atoms with E-state index in [2.05, 4.69) is 0 Å². The second-order valence-corrected chi connectivity index (χ2v) is 9.99. The van der Waals surface area contributed by atoms with Crippen molar-refractivity contribution in [2.24, 2.45) is 0 Å². The van der Waals surface area contributed by atoms with E-state index in [1.165, 1.54) is 64.2 Å². The maximum atomic E-state index is 10.2. The average molecular weight is 463 g/mol. The first-order chi connectivity index (χ1) is 15.1. The number of rotatable bonds is 0. The van der Waals surface area contributed by atoms with Gasteiger partial charge in [0.05, 0.1) is 0 Å². The molecule has 7 nitrogen and oxygen atoms in total. The lowest BCUT2D eigenvalue weighted by Crippen LogP contribution is -2.72. The molecular weight excluding hydrogens is 412 g/mol. The second-order valence-electron chi connectivity index (χ2n) is 9.99. The van der Waals surface area contributed by atoms with Gasteiger partial charge in [-0.15, -0.1) is 0 Å². The summed E-state index contributed by atoms with van der Waals surface area (Å²) in [4.78, 5) is 0. The van der Waals surface area contributed by atoms with Crippen LogP contribution in [-0.4, -0.2) is 59.2 Å². The molecule has 1 atom stereocenters. The molecule has 0 radical (unpaired) electrons. The van der Waals surface area contributed by atoms with Crippen LogP contribution in [0.25, 0.3) is 0 Å². The summed E-state index contributed by atoms with van der Waals surface area (Å²) in [5.74, 6) is -10.3. The molecule has 1 unspecified atom stereocenters. The third kappa shape index (κ3) is 10.3. The second kappa shape index (κ2) is 15.6. The molecular formula is C25H50O7. The predicted octanol–water partition coefficient (Wildman–Crippen LogP) is 3.60. The Balaban J connectivity index is 2.57. The molecule has 32 heavy (non-hydrogen) atoms. The number of hydrogen-bond acceptors (Lipinski definition) is 7. The lowest BCUT2D eigenvalue weighted by atomic mass is 9.86. The highest BCUT2D eigenvalue weighted by Crippen LogP contribution is 2.35. The molecule has 0 heterocycles. The number of hydrogen-bond donors (Lipinski definition) is 7. The van der Waals surface area contributed by atoms with Crippen molar-refractivity contribution in [3.05, 3.63) is 0 Å². The van der Waals surface area contributed by atoms with Crippen LogP contribution >= 0.6 is 0 Å². The molecule has 1 saturated carbocycles. The van der Waals surface area contributed by atoms with Crippen LogP contribution in [0.4, 0.5) is 0 Å². The van der Waals surface area contributed by atoms with E-state index in [0.29, 0.717) is 19.3 Å². The Morgan fingerprint density at radius 3 is 1.03 bits per heavy atom. The Labute approximate surface area is 194 Å². The molecule has 0 spiro atoms. The standard InChI is InChI=1S/C25H50O7/c26-22-20-18-16-14-12-10-8-6-4-2-1-3-5-7-9-11-13-15-17-19-21-23(27,28)25(31,32)24(22,29)30/h22,26-32H,1-21H2. The highest BCUT2D eigenvalue weighted by Gasteiger charge is 2.63. The van der Waals surface area contributed by atoms with Crippen molar-refractivity contribution < 1.29 is 35.7 Å². The molecule has 0 amide bonds. The minimum Gasteiger partial charge on any atom is -0.387 e. The largest absolute Gasteiger partial charge is 0.387 e. The van der Waals surface area contributed by atoms with Crippen LogP contribution in [0.15, 0.2) is 0 Å². The Bertz CT molecular complexity index is 465. The van der Waals surface area contributed by atoms with E-state index in [9.17, 15) is 35.7 Å². The van der Waals surface area contributed by atoms with Gasteiger partial charge in [0, 0.05) is 6.42 Å². The molecule has 0 aromatic heterocycles. The number of aliphatic hydroxyl groups is 7. The van der Waals surface area contributed by atoms with Crippen molar-refractivity contribution in [3.63, 3.8) is 0 Å². The summed E-state index contributed by atoms with van der Waals surface area (Å²) in [5.41, 5.74) is 0. The molecule has 0 saturated heterocycles. The first-order valence-electron chi connectivity index (χ1n) is 13.2. The van der Waals surface area contributed by atoms with Gasteiger partial charge in [-0.3, -0.25) is 0 Å². The first-order valence-corrected chi connectivity index (χ1v) is 13.2. The van der Waals surface area contributed by atoms with Crippen molar-refractivity contribution >= 4 is 0 Å². The Morgan fingerprint density at radius 2 is 0.688 bits per heavy atom. The summed E-state index contributed by atoms with van der Waals surface area (Å²) in [5, 5.41) is 71.2. The van der Waals surface area contributed by atoms with E-state index in [4.69, 9.17) is 0 Å². The molecule has 1 fully saturated rings. The Hall–Kier alpha value is -0.280. The van der Waals surface area contributed by atoms with Gasteiger partial charge in [-0.2, -0.15) is 0 Å². The molecule has 1 rings (SSSR count). The Kier molecular flexibility index (Phi) is 14.5. The summed E-state index contributed by atoms with van der Waals surface area (Å²) in [6.45, 7) is 0. The van der Waals surface area contributed by atoms with E-state index in [0.717, 1.165) is 38.5 Å². The fourth-order valence-electron chi connectivity index (χ4n) is 4.62. The maximum absolute atomic E-state index is 10.2. The fourth-order valence-corrected chi connectivity index (χ4v) is 4.62. The molecule has 7 heteroatoms. The van der Waals surface area contributed by atoms with Crippen LogP contribution in [0, 0.1) is 0 Å². The van der Waals surface area contributed by atoms with Gasteiger partial charge >= 0.3 is 0 Å². The van der Waals surface area contributed by atoms with Crippen molar-refractivity contribution in [2.45, 2.75) is 158 Å². The van der Waals surface area contributed by atoms with E-state index in [1.807, 2.05) is 0 Å². The monoisotopic (exact) mass is 462 g/mol. The van der Waals surface area contributed by atoms with Crippen LogP contribution in [-0.2, 0) is 0 Å². The maximum Gasteiger partial charge on any atom is 0.276 e. The normalized spacial score (nSPS) is 28.8. The summed E-state index contributed by atoms with van der Waals surface area (Å²) >= 11 is 0. The third-order valence-corrected chi connectivity index (χ3v) is 7.04. The van der Waals surface area contributed by atoms with E-state index in [1.54, 1.807) is 0 Å². The minimum absolute atomic E-state index is 0.0774. The van der Waals surface area contributed by atoms with Crippen molar-refractivity contribution in [3.8, 4) is 0 Å². The van der Waals surface area contributed by atoms with Crippen molar-refractivity contribution in [1.29, 1.82) is 0 Å². The fraction of sp³-hybridized carbons (Fsp3) is 1.00. The molecule has 1 aliphatic carbocycles. The highest BCUT2D eigenvalue weighted by atomic mass is 16.7. The lowest BCUT2D eigenvalue weighted by molar-refractivity contribution is -0.467. The zero-order chi connectivity index (χ0) is 23.9. The van der Waals surface area contributed by atoms with E-state index in [-0.39, 0.29) is 6.42 Å². The molecule has 0 bridgehead atoms. The average Bonchev–Trinajstić information content (AvgIpc) is 2.73. The summed E-state index contributed by atoms with van der Waals surface area (Å²) in [6.07, 6.45) is 17.6. The zero-order valence-electron chi connectivity index (χ0n) is 20.1. The van der Waals surface area contributed by atoms with Crippen molar-refractivity contribution in [1.82, 2.24) is 0 Å². The summed E-state index contributed by atoms with van der Waals surface area (Å²) in [7, 11) is 0. The molecule has 192 valence electrons. The minimum atomic E-state index is -3.67. The molecule has 0 aliphatic heterocycles. The lowest BCUT2D eigenvalue weighted by Gasteiger charge is -2.44. The molecule has 0 aromatic carbocycles. The van der Waals surface area contributed by atoms with Gasteiger partial charge in [-0.1, -0.05) is 116 Å². The van der Waals surface area contributed by atoms with Crippen molar-refractivity contribution in [2.75, 3.05) is 0 Å². The zero-order valence-corrected chi connectivity index (χ0v) is 20.1. The first kappa shape index (κ1) is 29.8. The highest BCUT2D eigenvalue weighted by molar-refractivity contribution is 4.97. The molecule has 1 aliphatic rings. The number of aliphatic hydroxyl groups excluding tert-OH is 1. The van der Waals surface area contributed by atoms with Crippen LogP contribution < -0.4 is 0 Å². The van der Waals surface area contributed by atoms with E-state index >= 15 is 0 Å². The summed E-state index contributed by atoms with van der Waals surface area (Å²) < 4.78 is 0. The van der Waals surface area contributed by atoms with Gasteiger partial charge in [0.2, 0.25) is 5.79 Å². The molecule has 7 N–H and O–H groups in total. The van der Waals surface area contributed by atoms with Gasteiger partial charge in [0.1, 0.15) is 6.10 Å². The van der Waals surface area contributed by atoms with Crippen LogP contribution in [0.3, 0.4) is 0 Å². The van der Waals surface area contributed by atoms with Gasteiger partial charge in [0.15, 0.2) is 0 Å². The van der Waals surface area contributed by atoms with Crippen LogP contribution in [0.1, 0.15) is 135 Å². The Morgan fingerprint density at radius 1 is 0.406 bits per heavy atom. The SMILES string of the molecule is OC1CCCCCCCCCCCCCCCCCCCCCC(O)(O)C(O)(O)C1(O)O. The smallest absolute Gasteiger partial charge is 0.276 e. The van der Waals surface area contributed by atoms with Crippen LogP contribution in [0.5, 0.6) is 0 Å². The van der Waals surface area contributed by atoms with Crippen LogP contribution in [0.2, 0.25) is 0 Å². The predicted molar refractivity (Wildman–Crippen MR) is 124 cm³/mol. The molecule has 0 aromatic rings.